The van der Waals surface area contributed by atoms with Crippen LogP contribution in [0.1, 0.15) is 29.7 Å². The summed E-state index contributed by atoms with van der Waals surface area (Å²) in [6, 6.07) is 14.6. The zero-order valence-electron chi connectivity index (χ0n) is 14.8. The molecule has 0 amide bonds. The highest BCUT2D eigenvalue weighted by Gasteiger charge is 2.20. The number of hydrogen-bond acceptors (Lipinski definition) is 3. The van der Waals surface area contributed by atoms with E-state index in [1.54, 1.807) is 7.11 Å². The van der Waals surface area contributed by atoms with Crippen LogP contribution in [0.5, 0.6) is 5.75 Å². The van der Waals surface area contributed by atoms with Crippen LogP contribution in [-0.4, -0.2) is 23.4 Å². The van der Waals surface area contributed by atoms with E-state index < -0.39 is 0 Å². The molecule has 1 aliphatic heterocycles. The van der Waals surface area contributed by atoms with Crippen LogP contribution < -0.4 is 10.1 Å². The molecule has 3 aromatic rings. The molecule has 0 bridgehead atoms. The molecule has 0 atom stereocenters. The van der Waals surface area contributed by atoms with E-state index in [-0.39, 0.29) is 5.82 Å². The van der Waals surface area contributed by atoms with E-state index in [4.69, 9.17) is 9.84 Å². The van der Waals surface area contributed by atoms with Gasteiger partial charge in [-0.3, -0.25) is 0 Å². The number of rotatable bonds is 4. The van der Waals surface area contributed by atoms with Crippen molar-refractivity contribution in [2.24, 2.45) is 0 Å². The van der Waals surface area contributed by atoms with Crippen molar-refractivity contribution in [3.63, 3.8) is 0 Å². The number of nitrogens with one attached hydrogen (secondary N) is 1. The number of hydrogen-bond donors (Lipinski definition) is 1. The fourth-order valence-electron chi connectivity index (χ4n) is 3.42. The largest absolute Gasteiger partial charge is 0.497 e. The van der Waals surface area contributed by atoms with E-state index in [1.165, 1.54) is 17.7 Å². The highest BCUT2D eigenvalue weighted by molar-refractivity contribution is 5.55. The molecule has 0 saturated heterocycles. The smallest absolute Gasteiger partial charge is 0.133 e. The average molecular weight is 351 g/mol. The highest BCUT2D eigenvalue weighted by atomic mass is 19.1. The Morgan fingerprint density at radius 1 is 1.08 bits per heavy atom. The molecule has 1 aliphatic rings. The Morgan fingerprint density at radius 3 is 2.58 bits per heavy atom. The molecular weight excluding hydrogens is 329 g/mol. The first-order valence-corrected chi connectivity index (χ1v) is 8.98. The summed E-state index contributed by atoms with van der Waals surface area (Å²) in [5.74, 6) is 1.69. The summed E-state index contributed by atoms with van der Waals surface area (Å²) < 4.78 is 20.4. The van der Waals surface area contributed by atoms with Gasteiger partial charge in [-0.05, 0) is 61.2 Å². The maximum atomic E-state index is 13.2. The lowest BCUT2D eigenvalue weighted by molar-refractivity contribution is 0.414. The Balaban J connectivity index is 1.74. The highest BCUT2D eigenvalue weighted by Crippen LogP contribution is 2.30. The van der Waals surface area contributed by atoms with Crippen molar-refractivity contribution in [1.82, 2.24) is 9.78 Å². The second-order valence-electron chi connectivity index (χ2n) is 6.57. The minimum absolute atomic E-state index is 0.210. The zero-order valence-corrected chi connectivity index (χ0v) is 14.8. The number of halogens is 1. The van der Waals surface area contributed by atoms with E-state index in [0.717, 1.165) is 54.3 Å². The molecule has 26 heavy (non-hydrogen) atoms. The van der Waals surface area contributed by atoms with Gasteiger partial charge in [-0.2, -0.15) is 5.10 Å². The van der Waals surface area contributed by atoms with Gasteiger partial charge >= 0.3 is 0 Å². The molecule has 134 valence electrons. The molecule has 2 heterocycles. The van der Waals surface area contributed by atoms with Gasteiger partial charge in [0.2, 0.25) is 0 Å². The van der Waals surface area contributed by atoms with Crippen molar-refractivity contribution < 1.29 is 9.13 Å². The summed E-state index contributed by atoms with van der Waals surface area (Å²) in [6.45, 7) is 0.949. The third kappa shape index (κ3) is 3.29. The van der Waals surface area contributed by atoms with E-state index in [1.807, 2.05) is 41.1 Å². The van der Waals surface area contributed by atoms with Gasteiger partial charge in [0, 0.05) is 18.5 Å². The molecule has 0 aliphatic carbocycles. The fourth-order valence-corrected chi connectivity index (χ4v) is 3.42. The summed E-state index contributed by atoms with van der Waals surface area (Å²) in [4.78, 5) is 0. The van der Waals surface area contributed by atoms with Crippen molar-refractivity contribution in [2.45, 2.75) is 25.7 Å². The van der Waals surface area contributed by atoms with Gasteiger partial charge < -0.3 is 10.1 Å². The first-order chi connectivity index (χ1) is 12.7. The third-order valence-electron chi connectivity index (χ3n) is 4.81. The zero-order chi connectivity index (χ0) is 17.9. The minimum Gasteiger partial charge on any atom is -0.497 e. The number of aromatic nitrogens is 2. The minimum atomic E-state index is -0.210. The quantitative estimate of drug-likeness (QED) is 0.759. The summed E-state index contributed by atoms with van der Waals surface area (Å²) in [6.07, 6.45) is 4.00. The Kier molecular flexibility index (Phi) is 4.61. The van der Waals surface area contributed by atoms with Crippen LogP contribution in [0.4, 0.5) is 10.2 Å². The van der Waals surface area contributed by atoms with E-state index in [2.05, 4.69) is 5.32 Å². The predicted octanol–water partition coefficient (Wildman–Crippen LogP) is 4.36. The number of methoxy groups -OCH3 is 1. The lowest BCUT2D eigenvalue weighted by Crippen LogP contribution is -2.07. The Hall–Kier alpha value is -2.82. The van der Waals surface area contributed by atoms with Gasteiger partial charge in [-0.15, -0.1) is 0 Å². The number of ether oxygens (including phenoxy) is 1. The second-order valence-corrected chi connectivity index (χ2v) is 6.57. The molecule has 0 fully saturated rings. The van der Waals surface area contributed by atoms with Crippen molar-refractivity contribution >= 4 is 5.82 Å². The number of anilines is 1. The van der Waals surface area contributed by atoms with Crippen LogP contribution in [0.2, 0.25) is 0 Å². The van der Waals surface area contributed by atoms with Crippen LogP contribution in [0, 0.1) is 5.82 Å². The lowest BCUT2D eigenvalue weighted by atomic mass is 10.0. The molecular formula is C21H22FN3O. The van der Waals surface area contributed by atoms with Gasteiger partial charge in [-0.25, -0.2) is 9.07 Å². The molecule has 5 heteroatoms. The summed E-state index contributed by atoms with van der Waals surface area (Å²) >= 11 is 0. The first-order valence-electron chi connectivity index (χ1n) is 8.98. The molecule has 2 aromatic carbocycles. The van der Waals surface area contributed by atoms with E-state index >= 15 is 0 Å². The number of benzene rings is 2. The van der Waals surface area contributed by atoms with Crippen LogP contribution in [0.3, 0.4) is 0 Å². The molecule has 1 aromatic heterocycles. The third-order valence-corrected chi connectivity index (χ3v) is 4.81. The van der Waals surface area contributed by atoms with Gasteiger partial charge in [0.05, 0.1) is 18.5 Å². The topological polar surface area (TPSA) is 39.1 Å². The van der Waals surface area contributed by atoms with Crippen LogP contribution >= 0.6 is 0 Å². The van der Waals surface area contributed by atoms with Gasteiger partial charge in [-0.1, -0.05) is 12.1 Å². The first kappa shape index (κ1) is 16.6. The van der Waals surface area contributed by atoms with Gasteiger partial charge in [0.15, 0.2) is 0 Å². The van der Waals surface area contributed by atoms with Gasteiger partial charge in [0.25, 0.3) is 0 Å². The van der Waals surface area contributed by atoms with Crippen LogP contribution in [0.25, 0.3) is 5.69 Å². The Labute approximate surface area is 152 Å². The van der Waals surface area contributed by atoms with Crippen LogP contribution in [0.15, 0.2) is 48.5 Å². The standard InChI is InChI=1S/C21H22FN3O/c1-26-18-11-9-17(10-12-18)25-21-19(4-2-3-13-23-21)20(24-25)14-15-5-7-16(22)8-6-15/h5-12,23H,2-4,13-14H2,1H3. The molecule has 4 nitrogen and oxygen atoms in total. The van der Waals surface area contributed by atoms with E-state index in [0.29, 0.717) is 6.42 Å². The Morgan fingerprint density at radius 2 is 1.85 bits per heavy atom. The molecule has 0 unspecified atom stereocenters. The summed E-state index contributed by atoms with van der Waals surface area (Å²) in [5, 5.41) is 8.44. The maximum Gasteiger partial charge on any atom is 0.133 e. The monoisotopic (exact) mass is 351 g/mol. The van der Waals surface area contributed by atoms with Crippen LogP contribution in [-0.2, 0) is 12.8 Å². The molecule has 1 N–H and O–H groups in total. The second kappa shape index (κ2) is 7.20. The van der Waals surface area contributed by atoms with Crippen molar-refractivity contribution in [1.29, 1.82) is 0 Å². The normalized spacial score (nSPS) is 13.6. The molecule has 0 saturated carbocycles. The van der Waals surface area contributed by atoms with Gasteiger partial charge in [0.1, 0.15) is 17.4 Å². The fraction of sp³-hybridized carbons (Fsp3) is 0.286. The van der Waals surface area contributed by atoms with Crippen molar-refractivity contribution in [2.75, 3.05) is 19.0 Å². The molecule has 0 spiro atoms. The van der Waals surface area contributed by atoms with Crippen molar-refractivity contribution in [3.8, 4) is 11.4 Å². The molecule has 0 radical (unpaired) electrons. The van der Waals surface area contributed by atoms with E-state index in [9.17, 15) is 4.39 Å². The Bertz CT molecular complexity index is 885. The molecule has 4 rings (SSSR count). The maximum absolute atomic E-state index is 13.2. The number of fused-ring (bicyclic) bond motifs is 1. The summed E-state index contributed by atoms with van der Waals surface area (Å²) in [7, 11) is 1.66. The summed E-state index contributed by atoms with van der Waals surface area (Å²) in [5.41, 5.74) is 4.39. The SMILES string of the molecule is COc1ccc(-n2nc(Cc3ccc(F)cc3)c3c2NCCCC3)cc1. The van der Waals surface area contributed by atoms with Crippen molar-refractivity contribution in [3.05, 3.63) is 71.2 Å². The average Bonchev–Trinajstić information content (AvgIpc) is 2.84. The predicted molar refractivity (Wildman–Crippen MR) is 101 cm³/mol. The number of nitrogens with zero attached hydrogens (tertiary/aromatic N) is 2. The lowest BCUT2D eigenvalue weighted by Gasteiger charge is -2.09.